The van der Waals surface area contributed by atoms with Crippen molar-refractivity contribution in [3.63, 3.8) is 0 Å². The molecule has 4 aromatic rings. The van der Waals surface area contributed by atoms with Gasteiger partial charge in [0.25, 0.3) is 0 Å². The second kappa shape index (κ2) is 15.3. The monoisotopic (exact) mass is 754 g/mol. The highest BCUT2D eigenvalue weighted by molar-refractivity contribution is 5.97. The number of carbonyl (C=O) groups is 5. The molecule has 19 heteroatoms. The minimum atomic E-state index is -1.17. The van der Waals surface area contributed by atoms with Crippen molar-refractivity contribution in [3.8, 4) is 11.5 Å². The summed E-state index contributed by atoms with van der Waals surface area (Å²) in [7, 11) is 0. The summed E-state index contributed by atoms with van der Waals surface area (Å²) in [6.07, 6.45) is 3.55. The number of H-pyrrole nitrogens is 2. The van der Waals surface area contributed by atoms with Crippen LogP contribution in [0.25, 0.3) is 10.9 Å². The van der Waals surface area contributed by atoms with Gasteiger partial charge in [-0.15, -0.1) is 0 Å². The van der Waals surface area contributed by atoms with Crippen LogP contribution in [-0.2, 0) is 51.5 Å². The molecular weight excluding hydrogens is 712 g/mol. The van der Waals surface area contributed by atoms with E-state index < -0.39 is 53.8 Å². The first-order valence-corrected chi connectivity index (χ1v) is 17.8. The molecule has 0 spiro atoms. The number of urea groups is 1. The van der Waals surface area contributed by atoms with E-state index in [1.165, 1.54) is 22.3 Å². The molecule has 2 unspecified atom stereocenters. The Hall–Kier alpha value is -6.79. The first-order chi connectivity index (χ1) is 26.5. The second-order valence-corrected chi connectivity index (χ2v) is 13.7. The fourth-order valence-electron chi connectivity index (χ4n) is 7.55. The van der Waals surface area contributed by atoms with Crippen molar-refractivity contribution in [2.75, 3.05) is 13.3 Å². The van der Waals surface area contributed by atoms with E-state index in [1.54, 1.807) is 12.1 Å². The van der Waals surface area contributed by atoms with Crippen LogP contribution in [0.2, 0.25) is 0 Å². The topological polar surface area (TPSA) is 295 Å². The summed E-state index contributed by atoms with van der Waals surface area (Å²) in [5, 5.41) is 6.33. The molecule has 6 amide bonds. The zero-order chi connectivity index (χ0) is 38.8. The summed E-state index contributed by atoms with van der Waals surface area (Å²) in [5.41, 5.74) is 27.0. The van der Waals surface area contributed by atoms with Gasteiger partial charge in [-0.25, -0.2) is 9.78 Å². The molecule has 12 N–H and O–H groups in total. The largest absolute Gasteiger partial charge is 0.454 e. The number of rotatable bonds is 12. The lowest BCUT2D eigenvalue weighted by Crippen LogP contribution is -2.61. The first kappa shape index (κ1) is 36.6. The maximum absolute atomic E-state index is 14.6. The normalized spacial score (nSPS) is 18.1. The number of ether oxygens (including phenoxy) is 2. The lowest BCUT2D eigenvalue weighted by molar-refractivity contribution is -0.147. The van der Waals surface area contributed by atoms with E-state index in [9.17, 15) is 24.0 Å². The van der Waals surface area contributed by atoms with Crippen molar-refractivity contribution in [3.05, 3.63) is 77.0 Å². The molecule has 0 radical (unpaired) electrons. The number of aromatic amines is 2. The Morgan fingerprint density at radius 2 is 1.64 bits per heavy atom. The van der Waals surface area contributed by atoms with Gasteiger partial charge in [0.2, 0.25) is 30.4 Å². The molecule has 19 nitrogen and oxygen atoms in total. The van der Waals surface area contributed by atoms with Gasteiger partial charge in [-0.2, -0.15) is 0 Å². The fraction of sp³-hybridized carbons (Fsp3) is 0.361. The quantitative estimate of drug-likeness (QED) is 0.0502. The fourth-order valence-corrected chi connectivity index (χ4v) is 7.55. The van der Waals surface area contributed by atoms with Crippen molar-refractivity contribution < 1.29 is 33.4 Å². The zero-order valence-corrected chi connectivity index (χ0v) is 29.7. The van der Waals surface area contributed by atoms with E-state index in [4.69, 9.17) is 32.4 Å². The van der Waals surface area contributed by atoms with Gasteiger partial charge < -0.3 is 62.8 Å². The number of nitrogens with zero attached hydrogens (tertiary/aromatic N) is 4. The third kappa shape index (κ3) is 7.66. The van der Waals surface area contributed by atoms with Crippen LogP contribution in [0.4, 0.5) is 4.79 Å². The number of fused-ring (bicyclic) bond motifs is 5. The number of carbonyl (C=O) groups excluding carboxylic acids is 5. The lowest BCUT2D eigenvalue weighted by atomic mass is 9.91. The summed E-state index contributed by atoms with van der Waals surface area (Å²) >= 11 is 0. The predicted octanol–water partition coefficient (Wildman–Crippen LogP) is -0.870. The van der Waals surface area contributed by atoms with Gasteiger partial charge in [0, 0.05) is 60.8 Å². The molecule has 288 valence electrons. The second-order valence-electron chi connectivity index (χ2n) is 13.7. The van der Waals surface area contributed by atoms with Crippen molar-refractivity contribution in [1.82, 2.24) is 35.4 Å². The van der Waals surface area contributed by atoms with Crippen molar-refractivity contribution in [2.24, 2.45) is 27.9 Å². The minimum Gasteiger partial charge on any atom is -0.454 e. The van der Waals surface area contributed by atoms with Crippen LogP contribution < -0.4 is 43.0 Å². The van der Waals surface area contributed by atoms with E-state index in [0.717, 1.165) is 27.7 Å². The third-order valence-electron chi connectivity index (χ3n) is 10.2. The standard InChI is InChI=1S/C36H42N12O7/c37-31(49)27-12-22-21-4-1-2-5-23(21)44-26(22)15-48(27)33(51)24(6-3-7-42-35(38)39)45-32(50)28-8-18-9-29-30(55-17-54-29)10-19(18)14-47(28)34(52)25(46-36(40)53)11-20-13-41-16-43-20/h1-2,4-5,9-10,13,16,24-25,27-28,44H,3,6-8,11-12,14-15,17H2,(H2,37,49)(H,41,43)(H,45,50)(H4,38,39,42)(H3,40,46,53)/t24-,25-,27?,28?/m0/s1. The minimum absolute atomic E-state index is 0.00567. The zero-order valence-electron chi connectivity index (χ0n) is 29.7. The van der Waals surface area contributed by atoms with Gasteiger partial charge in [0.1, 0.15) is 24.2 Å². The van der Waals surface area contributed by atoms with Crippen LogP contribution in [0.3, 0.4) is 0 Å². The molecule has 0 bridgehead atoms. The van der Waals surface area contributed by atoms with E-state index in [1.807, 2.05) is 24.3 Å². The molecule has 2 aromatic carbocycles. The third-order valence-corrected chi connectivity index (χ3v) is 10.2. The average Bonchev–Trinajstić information content (AvgIpc) is 3.93. The van der Waals surface area contributed by atoms with Crippen LogP contribution in [-0.4, -0.2) is 97.9 Å². The molecule has 7 rings (SSSR count). The van der Waals surface area contributed by atoms with Gasteiger partial charge in [0.05, 0.1) is 12.9 Å². The average molecular weight is 755 g/mol. The number of aromatic nitrogens is 3. The molecule has 0 saturated heterocycles. The maximum atomic E-state index is 14.6. The number of amides is 6. The van der Waals surface area contributed by atoms with Crippen LogP contribution in [0.1, 0.15) is 40.9 Å². The van der Waals surface area contributed by atoms with Gasteiger partial charge in [0.15, 0.2) is 17.5 Å². The Morgan fingerprint density at radius 3 is 2.35 bits per heavy atom. The Bertz CT molecular complexity index is 2160. The predicted molar refractivity (Wildman–Crippen MR) is 197 cm³/mol. The molecule has 0 aliphatic carbocycles. The van der Waals surface area contributed by atoms with Crippen LogP contribution >= 0.6 is 0 Å². The number of primary amides is 2. The van der Waals surface area contributed by atoms with E-state index in [-0.39, 0.29) is 64.5 Å². The molecule has 5 heterocycles. The molecule has 0 saturated carbocycles. The molecule has 2 aromatic heterocycles. The number of imidazole rings is 1. The molecular formula is C36H42N12O7. The number of nitrogens with one attached hydrogen (secondary N) is 4. The smallest absolute Gasteiger partial charge is 0.312 e. The van der Waals surface area contributed by atoms with E-state index in [2.05, 4.69) is 30.6 Å². The van der Waals surface area contributed by atoms with Crippen molar-refractivity contribution >= 4 is 46.5 Å². The number of hydrogen-bond acceptors (Lipinski definition) is 9. The molecule has 3 aliphatic heterocycles. The maximum Gasteiger partial charge on any atom is 0.312 e. The van der Waals surface area contributed by atoms with Crippen molar-refractivity contribution in [2.45, 2.75) is 69.4 Å². The number of benzene rings is 2. The highest BCUT2D eigenvalue weighted by Gasteiger charge is 2.42. The van der Waals surface area contributed by atoms with Gasteiger partial charge in [-0.1, -0.05) is 18.2 Å². The lowest BCUT2D eigenvalue weighted by Gasteiger charge is -2.39. The number of aliphatic imine (C=N–C) groups is 1. The van der Waals surface area contributed by atoms with Gasteiger partial charge >= 0.3 is 6.03 Å². The Balaban J connectivity index is 1.20. The summed E-state index contributed by atoms with van der Waals surface area (Å²) in [6, 6.07) is 5.72. The number of guanidine groups is 1. The van der Waals surface area contributed by atoms with Crippen LogP contribution in [0, 0.1) is 0 Å². The van der Waals surface area contributed by atoms with Crippen molar-refractivity contribution in [1.29, 1.82) is 0 Å². The Labute approximate surface area is 314 Å². The van der Waals surface area contributed by atoms with E-state index >= 15 is 0 Å². The summed E-state index contributed by atoms with van der Waals surface area (Å²) < 4.78 is 11.2. The first-order valence-electron chi connectivity index (χ1n) is 17.8. The Kier molecular flexibility index (Phi) is 10.2. The highest BCUT2D eigenvalue weighted by atomic mass is 16.7. The van der Waals surface area contributed by atoms with Crippen LogP contribution in [0.15, 0.2) is 53.9 Å². The van der Waals surface area contributed by atoms with E-state index in [0.29, 0.717) is 22.8 Å². The molecule has 3 aliphatic rings. The summed E-state index contributed by atoms with van der Waals surface area (Å²) in [4.78, 5) is 85.5. The Morgan fingerprint density at radius 1 is 0.909 bits per heavy atom. The SMILES string of the molecule is NC(=O)N[C@@H](Cc1cnc[nH]1)C(=O)N1Cc2cc3c(cc2CC1C(=O)N[C@@H](CCCN=C(N)N)C(=O)N1Cc2[nH]c4ccccc4c2CC1C(N)=O)OCO3. The van der Waals surface area contributed by atoms with Crippen LogP contribution in [0.5, 0.6) is 11.5 Å². The van der Waals surface area contributed by atoms with Gasteiger partial charge in [-0.05, 0) is 47.7 Å². The highest BCUT2D eigenvalue weighted by Crippen LogP contribution is 2.38. The molecule has 55 heavy (non-hydrogen) atoms. The number of para-hydroxylation sites is 1. The number of hydrogen-bond donors (Lipinski definition) is 8. The number of nitrogens with two attached hydrogens (primary N) is 4. The molecule has 0 fully saturated rings. The van der Waals surface area contributed by atoms with Gasteiger partial charge in [-0.3, -0.25) is 24.2 Å². The summed E-state index contributed by atoms with van der Waals surface area (Å²) in [6.45, 7) is 0.187. The molecule has 4 atom stereocenters. The summed E-state index contributed by atoms with van der Waals surface area (Å²) in [5.74, 6) is -1.62.